The summed E-state index contributed by atoms with van der Waals surface area (Å²) in [6.45, 7) is 12.2. The number of rotatable bonds is 10. The van der Waals surface area contributed by atoms with E-state index in [1.165, 1.54) is 32.1 Å². The van der Waals surface area contributed by atoms with Gasteiger partial charge in [-0.2, -0.15) is 0 Å². The molecule has 3 aliphatic rings. The van der Waals surface area contributed by atoms with Crippen LogP contribution in [0, 0.1) is 5.41 Å². The standard InChI is InChI=1S/C22H42N4O3.HI/c1-2-23-21(24-10-6-13-29-20-7-14-28-17-20)25-18-22(8-4-3-5-9-22)19-26-11-15-27-16-12-26;/h20H,2-19H2,1H3,(H2,23,24,25);1H. The second-order valence-electron chi connectivity index (χ2n) is 8.78. The number of morpholine rings is 1. The van der Waals surface area contributed by atoms with Crippen molar-refractivity contribution in [1.29, 1.82) is 0 Å². The monoisotopic (exact) mass is 538 g/mol. The second kappa shape index (κ2) is 14.8. The Balaban J connectivity index is 0.00000320. The lowest BCUT2D eigenvalue weighted by Gasteiger charge is -2.41. The number of aliphatic imine (C=N–C) groups is 1. The molecule has 8 heteroatoms. The van der Waals surface area contributed by atoms with E-state index in [4.69, 9.17) is 19.2 Å². The van der Waals surface area contributed by atoms with Crippen LogP contribution in [0.3, 0.4) is 0 Å². The number of ether oxygens (including phenoxy) is 3. The van der Waals surface area contributed by atoms with E-state index < -0.39 is 0 Å². The molecule has 2 heterocycles. The topological polar surface area (TPSA) is 67.4 Å². The van der Waals surface area contributed by atoms with E-state index in [1.807, 2.05) is 0 Å². The SMILES string of the molecule is CCNC(=NCC1(CN2CCOCC2)CCCCC1)NCCCOC1CCOC1.I. The molecule has 0 aromatic heterocycles. The van der Waals surface area contributed by atoms with Gasteiger partial charge in [0.05, 0.1) is 25.9 Å². The Morgan fingerprint density at radius 2 is 1.90 bits per heavy atom. The van der Waals surface area contributed by atoms with Crippen LogP contribution in [0.2, 0.25) is 0 Å². The molecular weight excluding hydrogens is 495 g/mol. The van der Waals surface area contributed by atoms with Crippen molar-refractivity contribution < 1.29 is 14.2 Å². The van der Waals surface area contributed by atoms with Crippen molar-refractivity contribution in [2.75, 3.05) is 72.3 Å². The molecule has 2 saturated heterocycles. The van der Waals surface area contributed by atoms with Crippen molar-refractivity contribution >= 4 is 29.9 Å². The molecule has 1 saturated carbocycles. The molecule has 0 bridgehead atoms. The first-order chi connectivity index (χ1) is 14.3. The average molecular weight is 539 g/mol. The third kappa shape index (κ3) is 9.14. The zero-order valence-corrected chi connectivity index (χ0v) is 21.2. The van der Waals surface area contributed by atoms with Crippen LogP contribution >= 0.6 is 24.0 Å². The summed E-state index contributed by atoms with van der Waals surface area (Å²) in [5.41, 5.74) is 0.323. The lowest BCUT2D eigenvalue weighted by molar-refractivity contribution is 0.00937. The minimum Gasteiger partial charge on any atom is -0.379 e. The number of halogens is 1. The quantitative estimate of drug-likeness (QED) is 0.193. The van der Waals surface area contributed by atoms with Crippen LogP contribution in [0.5, 0.6) is 0 Å². The summed E-state index contributed by atoms with van der Waals surface area (Å²) in [5, 5.41) is 6.92. The summed E-state index contributed by atoms with van der Waals surface area (Å²) in [6, 6.07) is 0. The van der Waals surface area contributed by atoms with Crippen molar-refractivity contribution in [2.24, 2.45) is 10.4 Å². The summed E-state index contributed by atoms with van der Waals surface area (Å²) in [6.07, 6.45) is 8.96. The number of nitrogens with zero attached hydrogens (tertiary/aromatic N) is 2. The first-order valence-corrected chi connectivity index (χ1v) is 11.8. The highest BCUT2D eigenvalue weighted by atomic mass is 127. The summed E-state index contributed by atoms with van der Waals surface area (Å²) in [5.74, 6) is 0.948. The van der Waals surface area contributed by atoms with Gasteiger partial charge in [-0.1, -0.05) is 19.3 Å². The summed E-state index contributed by atoms with van der Waals surface area (Å²) in [4.78, 5) is 7.62. The van der Waals surface area contributed by atoms with Gasteiger partial charge in [0.2, 0.25) is 0 Å². The fourth-order valence-corrected chi connectivity index (χ4v) is 4.66. The molecule has 2 N–H and O–H groups in total. The highest BCUT2D eigenvalue weighted by molar-refractivity contribution is 14.0. The zero-order valence-electron chi connectivity index (χ0n) is 18.8. The van der Waals surface area contributed by atoms with Crippen LogP contribution in [0.4, 0.5) is 0 Å². The van der Waals surface area contributed by atoms with Crippen LogP contribution in [-0.2, 0) is 14.2 Å². The van der Waals surface area contributed by atoms with E-state index in [1.54, 1.807) is 0 Å². The molecule has 7 nitrogen and oxygen atoms in total. The Labute approximate surface area is 200 Å². The molecule has 30 heavy (non-hydrogen) atoms. The number of hydrogen-bond donors (Lipinski definition) is 2. The fraction of sp³-hybridized carbons (Fsp3) is 0.955. The van der Waals surface area contributed by atoms with Crippen molar-refractivity contribution in [3.05, 3.63) is 0 Å². The Morgan fingerprint density at radius 3 is 2.60 bits per heavy atom. The highest BCUT2D eigenvalue weighted by Gasteiger charge is 2.34. The van der Waals surface area contributed by atoms with Gasteiger partial charge in [-0.15, -0.1) is 24.0 Å². The maximum atomic E-state index is 5.86. The molecule has 0 radical (unpaired) electrons. The Hall–Kier alpha value is -0.160. The van der Waals surface area contributed by atoms with E-state index in [0.717, 1.165) is 91.1 Å². The smallest absolute Gasteiger partial charge is 0.191 e. The lowest BCUT2D eigenvalue weighted by Crippen LogP contribution is -2.46. The van der Waals surface area contributed by atoms with Gasteiger partial charge in [-0.05, 0) is 32.6 Å². The molecule has 2 aliphatic heterocycles. The van der Waals surface area contributed by atoms with Crippen LogP contribution in [0.15, 0.2) is 4.99 Å². The number of hydrogen-bond acceptors (Lipinski definition) is 5. The molecule has 1 atom stereocenters. The predicted molar refractivity (Wildman–Crippen MR) is 132 cm³/mol. The molecule has 3 rings (SSSR count). The third-order valence-corrected chi connectivity index (χ3v) is 6.35. The van der Waals surface area contributed by atoms with Crippen LogP contribution in [-0.4, -0.2) is 89.3 Å². The van der Waals surface area contributed by atoms with Gasteiger partial charge in [-0.25, -0.2) is 0 Å². The molecule has 0 aromatic carbocycles. The van der Waals surface area contributed by atoms with Crippen LogP contribution in [0.25, 0.3) is 0 Å². The summed E-state index contributed by atoms with van der Waals surface area (Å²) in [7, 11) is 0. The molecule has 0 amide bonds. The minimum atomic E-state index is 0. The van der Waals surface area contributed by atoms with Crippen LogP contribution in [0.1, 0.15) is 51.9 Å². The van der Waals surface area contributed by atoms with Gasteiger partial charge in [0.15, 0.2) is 5.96 Å². The zero-order chi connectivity index (χ0) is 20.2. The first-order valence-electron chi connectivity index (χ1n) is 11.8. The summed E-state index contributed by atoms with van der Waals surface area (Å²) >= 11 is 0. The largest absolute Gasteiger partial charge is 0.379 e. The van der Waals surface area contributed by atoms with Gasteiger partial charge >= 0.3 is 0 Å². The maximum Gasteiger partial charge on any atom is 0.191 e. The Morgan fingerprint density at radius 1 is 1.10 bits per heavy atom. The van der Waals surface area contributed by atoms with Crippen molar-refractivity contribution in [3.63, 3.8) is 0 Å². The maximum absolute atomic E-state index is 5.86. The van der Waals surface area contributed by atoms with Gasteiger partial charge in [-0.3, -0.25) is 9.89 Å². The van der Waals surface area contributed by atoms with E-state index in [2.05, 4.69) is 22.5 Å². The number of nitrogens with one attached hydrogen (secondary N) is 2. The molecule has 0 aromatic rings. The minimum absolute atomic E-state index is 0. The second-order valence-corrected chi connectivity index (χ2v) is 8.78. The van der Waals surface area contributed by atoms with Gasteiger partial charge in [0.25, 0.3) is 0 Å². The van der Waals surface area contributed by atoms with Gasteiger partial charge in [0.1, 0.15) is 0 Å². The average Bonchev–Trinajstić information content (AvgIpc) is 3.27. The lowest BCUT2D eigenvalue weighted by atomic mass is 9.73. The van der Waals surface area contributed by atoms with Crippen molar-refractivity contribution in [1.82, 2.24) is 15.5 Å². The number of guanidine groups is 1. The molecule has 176 valence electrons. The fourth-order valence-electron chi connectivity index (χ4n) is 4.66. The van der Waals surface area contributed by atoms with E-state index >= 15 is 0 Å². The van der Waals surface area contributed by atoms with Gasteiger partial charge < -0.3 is 24.8 Å². The molecule has 1 unspecified atom stereocenters. The first kappa shape index (κ1) is 26.1. The van der Waals surface area contributed by atoms with E-state index in [9.17, 15) is 0 Å². The highest BCUT2D eigenvalue weighted by Crippen LogP contribution is 2.37. The summed E-state index contributed by atoms with van der Waals surface area (Å²) < 4.78 is 16.8. The Kier molecular flexibility index (Phi) is 12.9. The van der Waals surface area contributed by atoms with Crippen LogP contribution < -0.4 is 10.6 Å². The van der Waals surface area contributed by atoms with E-state index in [0.29, 0.717) is 11.5 Å². The predicted octanol–water partition coefficient (Wildman–Crippen LogP) is 2.64. The van der Waals surface area contributed by atoms with Crippen molar-refractivity contribution in [2.45, 2.75) is 58.0 Å². The molecule has 1 aliphatic carbocycles. The third-order valence-electron chi connectivity index (χ3n) is 6.35. The Bertz CT molecular complexity index is 477. The van der Waals surface area contributed by atoms with Gasteiger partial charge in [0, 0.05) is 57.9 Å². The molecule has 3 fully saturated rings. The molecular formula is C22H43IN4O3. The van der Waals surface area contributed by atoms with Crippen molar-refractivity contribution in [3.8, 4) is 0 Å². The molecule has 0 spiro atoms. The van der Waals surface area contributed by atoms with E-state index in [-0.39, 0.29) is 24.0 Å². The normalized spacial score (nSPS) is 25.0.